The van der Waals surface area contributed by atoms with E-state index in [0.29, 0.717) is 12.5 Å². The smallest absolute Gasteiger partial charge is 0.189 e. The Hall–Kier alpha value is -1.10. The molecule has 4 nitrogen and oxygen atoms in total. The molecule has 5 heteroatoms. The Labute approximate surface area is 74.5 Å². The van der Waals surface area contributed by atoms with Crippen LogP contribution in [0.4, 0.5) is 0 Å². The second-order valence-corrected chi connectivity index (χ2v) is 3.78. The standard InChI is InChI=1S/C7H10N4S/c1-4-10-6(3-12-4)5-2-9-7(8)11-5/h3,5H,2H2,1H3,(H3,8,9,11). The van der Waals surface area contributed by atoms with E-state index >= 15 is 0 Å². The van der Waals surface area contributed by atoms with Crippen LogP contribution in [0.2, 0.25) is 0 Å². The molecule has 12 heavy (non-hydrogen) atoms. The van der Waals surface area contributed by atoms with Gasteiger partial charge in [-0.3, -0.25) is 4.99 Å². The number of aliphatic imine (C=N–C) groups is 1. The quantitative estimate of drug-likeness (QED) is 0.661. The minimum Gasteiger partial charge on any atom is -0.370 e. The lowest BCUT2D eigenvalue weighted by atomic mass is 10.2. The molecule has 0 amide bonds. The molecule has 0 saturated heterocycles. The van der Waals surface area contributed by atoms with E-state index in [-0.39, 0.29) is 6.04 Å². The Kier molecular flexibility index (Phi) is 1.73. The van der Waals surface area contributed by atoms with E-state index in [1.807, 2.05) is 12.3 Å². The van der Waals surface area contributed by atoms with Crippen LogP contribution in [0.1, 0.15) is 16.7 Å². The third-order valence-electron chi connectivity index (χ3n) is 1.76. The lowest BCUT2D eigenvalue weighted by Crippen LogP contribution is -2.29. The fraction of sp³-hybridized carbons (Fsp3) is 0.429. The van der Waals surface area contributed by atoms with Gasteiger partial charge in [-0.25, -0.2) is 4.98 Å². The second kappa shape index (κ2) is 2.75. The summed E-state index contributed by atoms with van der Waals surface area (Å²) in [5.74, 6) is 0.519. The van der Waals surface area contributed by atoms with Crippen LogP contribution >= 0.6 is 11.3 Å². The number of nitrogens with zero attached hydrogens (tertiary/aromatic N) is 2. The first-order valence-corrected chi connectivity index (χ1v) is 4.62. The van der Waals surface area contributed by atoms with Crippen LogP contribution in [0.5, 0.6) is 0 Å². The van der Waals surface area contributed by atoms with Crippen LogP contribution < -0.4 is 11.1 Å². The van der Waals surface area contributed by atoms with Crippen molar-refractivity contribution in [1.82, 2.24) is 10.3 Å². The van der Waals surface area contributed by atoms with Gasteiger partial charge in [-0.15, -0.1) is 11.3 Å². The van der Waals surface area contributed by atoms with Gasteiger partial charge in [0.1, 0.15) is 0 Å². The van der Waals surface area contributed by atoms with Crippen molar-refractivity contribution in [3.8, 4) is 0 Å². The van der Waals surface area contributed by atoms with Crippen molar-refractivity contribution < 1.29 is 0 Å². The van der Waals surface area contributed by atoms with E-state index in [1.165, 1.54) is 0 Å². The lowest BCUT2D eigenvalue weighted by Gasteiger charge is -2.05. The Balaban J connectivity index is 2.13. The number of nitrogens with two attached hydrogens (primary N) is 1. The molecule has 64 valence electrons. The van der Waals surface area contributed by atoms with Gasteiger partial charge in [0.25, 0.3) is 0 Å². The van der Waals surface area contributed by atoms with Gasteiger partial charge in [0, 0.05) is 5.38 Å². The highest BCUT2D eigenvalue weighted by molar-refractivity contribution is 7.09. The van der Waals surface area contributed by atoms with Crippen molar-refractivity contribution >= 4 is 17.3 Å². The van der Waals surface area contributed by atoms with Crippen LogP contribution in [0.15, 0.2) is 10.4 Å². The minimum atomic E-state index is 0.190. The zero-order valence-electron chi connectivity index (χ0n) is 6.74. The molecular formula is C7H10N4S. The number of hydrogen-bond donors (Lipinski definition) is 2. The van der Waals surface area contributed by atoms with Gasteiger partial charge in [-0.1, -0.05) is 0 Å². The van der Waals surface area contributed by atoms with Crippen molar-refractivity contribution in [2.75, 3.05) is 6.54 Å². The highest BCUT2D eigenvalue weighted by atomic mass is 32.1. The molecule has 0 aromatic carbocycles. The molecule has 1 aliphatic heterocycles. The maximum Gasteiger partial charge on any atom is 0.189 e. The van der Waals surface area contributed by atoms with E-state index in [0.717, 1.165) is 10.7 Å². The van der Waals surface area contributed by atoms with Gasteiger partial charge in [0.15, 0.2) is 5.96 Å². The predicted molar refractivity (Wildman–Crippen MR) is 49.2 cm³/mol. The summed E-state index contributed by atoms with van der Waals surface area (Å²) in [7, 11) is 0. The SMILES string of the molecule is Cc1nc(C2CN=C(N)N2)cs1. The second-order valence-electron chi connectivity index (χ2n) is 2.71. The zero-order chi connectivity index (χ0) is 8.55. The van der Waals surface area contributed by atoms with Crippen LogP contribution in [-0.4, -0.2) is 17.5 Å². The number of aromatic nitrogens is 1. The van der Waals surface area contributed by atoms with Gasteiger partial charge < -0.3 is 11.1 Å². The van der Waals surface area contributed by atoms with Crippen molar-refractivity contribution in [3.05, 3.63) is 16.1 Å². The molecule has 1 aliphatic rings. The maximum absolute atomic E-state index is 5.48. The van der Waals surface area contributed by atoms with Crippen LogP contribution in [-0.2, 0) is 0 Å². The van der Waals surface area contributed by atoms with E-state index in [2.05, 4.69) is 15.3 Å². The molecule has 2 rings (SSSR count). The normalized spacial score (nSPS) is 22.1. The zero-order valence-corrected chi connectivity index (χ0v) is 7.56. The summed E-state index contributed by atoms with van der Waals surface area (Å²) >= 11 is 1.65. The third-order valence-corrected chi connectivity index (χ3v) is 2.55. The topological polar surface area (TPSA) is 63.3 Å². The van der Waals surface area contributed by atoms with Crippen molar-refractivity contribution in [2.24, 2.45) is 10.7 Å². The molecule has 0 fully saturated rings. The molecule has 1 aromatic heterocycles. The van der Waals surface area contributed by atoms with Crippen LogP contribution in [0.25, 0.3) is 0 Å². The fourth-order valence-corrected chi connectivity index (χ4v) is 1.83. The Morgan fingerprint density at radius 1 is 1.75 bits per heavy atom. The van der Waals surface area contributed by atoms with Crippen LogP contribution in [0, 0.1) is 6.92 Å². The van der Waals surface area contributed by atoms with Gasteiger partial charge in [-0.2, -0.15) is 0 Å². The minimum absolute atomic E-state index is 0.190. The maximum atomic E-state index is 5.48. The predicted octanol–water partition coefficient (Wildman–Crippen LogP) is 0.411. The summed E-state index contributed by atoms with van der Waals surface area (Å²) in [6.45, 7) is 2.70. The van der Waals surface area contributed by atoms with E-state index in [9.17, 15) is 0 Å². The van der Waals surface area contributed by atoms with E-state index < -0.39 is 0 Å². The average molecular weight is 182 g/mol. The molecule has 0 bridgehead atoms. The number of rotatable bonds is 1. The summed E-state index contributed by atoms with van der Waals surface area (Å²) in [4.78, 5) is 8.41. The monoisotopic (exact) mass is 182 g/mol. The van der Waals surface area contributed by atoms with Crippen LogP contribution in [0.3, 0.4) is 0 Å². The first kappa shape index (κ1) is 7.54. The Morgan fingerprint density at radius 2 is 2.58 bits per heavy atom. The number of nitrogens with one attached hydrogen (secondary N) is 1. The molecule has 3 N–H and O–H groups in total. The summed E-state index contributed by atoms with van der Waals surface area (Å²) < 4.78 is 0. The molecule has 0 radical (unpaired) electrons. The van der Waals surface area contributed by atoms with Crippen molar-refractivity contribution in [2.45, 2.75) is 13.0 Å². The summed E-state index contributed by atoms with van der Waals surface area (Å²) in [6, 6.07) is 0.190. The Morgan fingerprint density at radius 3 is 3.08 bits per heavy atom. The number of thiazole rings is 1. The molecule has 0 saturated carbocycles. The van der Waals surface area contributed by atoms with Gasteiger partial charge in [0.2, 0.25) is 0 Å². The third kappa shape index (κ3) is 1.27. The molecule has 0 spiro atoms. The molecule has 1 atom stereocenters. The first-order chi connectivity index (χ1) is 5.75. The first-order valence-electron chi connectivity index (χ1n) is 3.74. The van der Waals surface area contributed by atoms with Gasteiger partial charge >= 0.3 is 0 Å². The fourth-order valence-electron chi connectivity index (χ4n) is 1.17. The Bertz CT molecular complexity index is 317. The highest BCUT2D eigenvalue weighted by Crippen LogP contribution is 2.18. The summed E-state index contributed by atoms with van der Waals surface area (Å²) in [5, 5.41) is 6.18. The average Bonchev–Trinajstić information content (AvgIpc) is 2.58. The number of guanidine groups is 1. The largest absolute Gasteiger partial charge is 0.370 e. The highest BCUT2D eigenvalue weighted by Gasteiger charge is 2.18. The van der Waals surface area contributed by atoms with Gasteiger partial charge in [0.05, 0.1) is 23.3 Å². The molecule has 1 unspecified atom stereocenters. The summed E-state index contributed by atoms with van der Waals surface area (Å²) in [6.07, 6.45) is 0. The van der Waals surface area contributed by atoms with E-state index in [1.54, 1.807) is 11.3 Å². The number of aryl methyl sites for hydroxylation is 1. The molecule has 2 heterocycles. The van der Waals surface area contributed by atoms with E-state index in [4.69, 9.17) is 5.73 Å². The van der Waals surface area contributed by atoms with Crippen molar-refractivity contribution in [3.63, 3.8) is 0 Å². The lowest BCUT2D eigenvalue weighted by molar-refractivity contribution is 0.686. The molecule has 0 aliphatic carbocycles. The molecular weight excluding hydrogens is 172 g/mol. The van der Waals surface area contributed by atoms with Gasteiger partial charge in [-0.05, 0) is 6.92 Å². The summed E-state index contributed by atoms with van der Waals surface area (Å²) in [5.41, 5.74) is 6.53. The number of hydrogen-bond acceptors (Lipinski definition) is 5. The molecule has 1 aromatic rings. The van der Waals surface area contributed by atoms with Crippen molar-refractivity contribution in [1.29, 1.82) is 0 Å².